The van der Waals surface area contributed by atoms with E-state index in [0.717, 1.165) is 12.8 Å². The number of rotatable bonds is 4. The highest BCUT2D eigenvalue weighted by molar-refractivity contribution is 5.92. The van der Waals surface area contributed by atoms with Gasteiger partial charge in [-0.3, -0.25) is 4.79 Å². The number of hydrogen-bond acceptors (Lipinski definition) is 4. The lowest BCUT2D eigenvalue weighted by Crippen LogP contribution is -2.46. The first kappa shape index (κ1) is 23.4. The predicted octanol–water partition coefficient (Wildman–Crippen LogP) is 3.89. The third-order valence-corrected chi connectivity index (χ3v) is 4.57. The fraction of sp³-hybridized carbons (Fsp3) is 0.571. The lowest BCUT2D eigenvalue weighted by molar-refractivity contribution is -0.114. The van der Waals surface area contributed by atoms with Crippen LogP contribution in [0.25, 0.3) is 0 Å². The standard InChI is InChI=1S/C21H31FN4O4/c1-14(27)23-18-11-16(8-9-17(18)22)24-19(28)26-10-6-7-15(13-26)12-25(5)20(29)30-21(2,3)4/h8-9,11,15H,6-7,10,12-13H2,1-5H3,(H,23,27)(H,24,28). The van der Waals surface area contributed by atoms with Gasteiger partial charge in [-0.2, -0.15) is 0 Å². The van der Waals surface area contributed by atoms with Gasteiger partial charge in [0.1, 0.15) is 11.4 Å². The number of hydrogen-bond donors (Lipinski definition) is 2. The van der Waals surface area contributed by atoms with Gasteiger partial charge in [-0.25, -0.2) is 14.0 Å². The van der Waals surface area contributed by atoms with Crippen molar-refractivity contribution in [1.82, 2.24) is 9.80 Å². The molecule has 0 aliphatic carbocycles. The number of amides is 4. The quantitative estimate of drug-likeness (QED) is 0.770. The van der Waals surface area contributed by atoms with Gasteiger partial charge in [0.15, 0.2) is 0 Å². The molecular formula is C21H31FN4O4. The Kier molecular flexibility index (Phi) is 7.64. The van der Waals surface area contributed by atoms with Gasteiger partial charge in [0.25, 0.3) is 0 Å². The summed E-state index contributed by atoms with van der Waals surface area (Å²) in [5.41, 5.74) is -0.163. The third-order valence-electron chi connectivity index (χ3n) is 4.57. The third kappa shape index (κ3) is 7.20. The Morgan fingerprint density at radius 3 is 2.60 bits per heavy atom. The second-order valence-corrected chi connectivity index (χ2v) is 8.62. The van der Waals surface area contributed by atoms with Gasteiger partial charge in [-0.15, -0.1) is 0 Å². The molecule has 30 heavy (non-hydrogen) atoms. The number of halogens is 1. The maximum Gasteiger partial charge on any atom is 0.410 e. The van der Waals surface area contributed by atoms with Crippen LogP contribution in [-0.4, -0.2) is 60.1 Å². The molecular weight excluding hydrogens is 391 g/mol. The van der Waals surface area contributed by atoms with Crippen LogP contribution in [0.4, 0.5) is 25.4 Å². The van der Waals surface area contributed by atoms with Gasteiger partial charge in [0, 0.05) is 39.3 Å². The Morgan fingerprint density at radius 2 is 1.97 bits per heavy atom. The van der Waals surface area contributed by atoms with E-state index < -0.39 is 17.3 Å². The number of carbonyl (C=O) groups is 3. The highest BCUT2D eigenvalue weighted by atomic mass is 19.1. The Bertz CT molecular complexity index is 794. The minimum atomic E-state index is -0.577. The van der Waals surface area contributed by atoms with Crippen molar-refractivity contribution in [2.75, 3.05) is 37.3 Å². The highest BCUT2D eigenvalue weighted by Crippen LogP contribution is 2.22. The summed E-state index contributed by atoms with van der Waals surface area (Å²) in [5.74, 6) is -0.845. The molecule has 1 aromatic rings. The number of anilines is 2. The van der Waals surface area contributed by atoms with Crippen LogP contribution in [0.1, 0.15) is 40.5 Å². The van der Waals surface area contributed by atoms with Gasteiger partial charge in [-0.05, 0) is 57.7 Å². The van der Waals surface area contributed by atoms with E-state index in [1.807, 2.05) is 20.8 Å². The minimum Gasteiger partial charge on any atom is -0.444 e. The van der Waals surface area contributed by atoms with E-state index in [0.29, 0.717) is 25.3 Å². The summed E-state index contributed by atoms with van der Waals surface area (Å²) in [6, 6.07) is 3.71. The summed E-state index contributed by atoms with van der Waals surface area (Å²) < 4.78 is 19.2. The molecule has 9 heteroatoms. The molecule has 0 aromatic heterocycles. The number of piperidine rings is 1. The van der Waals surface area contributed by atoms with Crippen LogP contribution < -0.4 is 10.6 Å². The average Bonchev–Trinajstić information content (AvgIpc) is 2.63. The average molecular weight is 423 g/mol. The normalized spacial score (nSPS) is 16.6. The molecule has 166 valence electrons. The van der Waals surface area contributed by atoms with Crippen molar-refractivity contribution in [2.45, 2.75) is 46.1 Å². The van der Waals surface area contributed by atoms with E-state index >= 15 is 0 Å². The van der Waals surface area contributed by atoms with Crippen molar-refractivity contribution in [1.29, 1.82) is 0 Å². The maximum absolute atomic E-state index is 13.8. The molecule has 1 unspecified atom stereocenters. The zero-order valence-electron chi connectivity index (χ0n) is 18.3. The predicted molar refractivity (Wildman–Crippen MR) is 113 cm³/mol. The zero-order chi connectivity index (χ0) is 22.5. The van der Waals surface area contributed by atoms with Crippen LogP contribution in [0.2, 0.25) is 0 Å². The number of nitrogens with one attached hydrogen (secondary N) is 2. The van der Waals surface area contributed by atoms with Gasteiger partial charge in [-0.1, -0.05) is 0 Å². The summed E-state index contributed by atoms with van der Waals surface area (Å²) in [7, 11) is 1.69. The van der Waals surface area contributed by atoms with Gasteiger partial charge in [0.05, 0.1) is 5.69 Å². The summed E-state index contributed by atoms with van der Waals surface area (Å²) in [6.45, 7) is 8.32. The molecule has 2 rings (SSSR count). The SMILES string of the molecule is CC(=O)Nc1cc(NC(=O)N2CCCC(CN(C)C(=O)OC(C)(C)C)C2)ccc1F. The smallest absolute Gasteiger partial charge is 0.410 e. The first-order chi connectivity index (χ1) is 13.9. The second kappa shape index (κ2) is 9.77. The number of urea groups is 1. The number of nitrogens with zero attached hydrogens (tertiary/aromatic N) is 2. The number of ether oxygens (including phenoxy) is 1. The van der Waals surface area contributed by atoms with Crippen molar-refractivity contribution in [2.24, 2.45) is 5.92 Å². The van der Waals surface area contributed by atoms with E-state index in [-0.39, 0.29) is 23.7 Å². The molecule has 1 aromatic carbocycles. The summed E-state index contributed by atoms with van der Waals surface area (Å²) in [6.07, 6.45) is 1.34. The first-order valence-electron chi connectivity index (χ1n) is 10.0. The van der Waals surface area contributed by atoms with Gasteiger partial charge in [0.2, 0.25) is 5.91 Å². The molecule has 0 spiro atoms. The number of carbonyl (C=O) groups excluding carboxylic acids is 3. The monoisotopic (exact) mass is 422 g/mol. The fourth-order valence-electron chi connectivity index (χ4n) is 3.29. The molecule has 0 bridgehead atoms. The van der Waals surface area contributed by atoms with E-state index in [4.69, 9.17) is 4.74 Å². The van der Waals surface area contributed by atoms with Crippen LogP contribution >= 0.6 is 0 Å². The summed E-state index contributed by atoms with van der Waals surface area (Å²) in [4.78, 5) is 39.2. The van der Waals surface area contributed by atoms with Crippen LogP contribution in [0.3, 0.4) is 0 Å². The molecule has 0 saturated carbocycles. The highest BCUT2D eigenvalue weighted by Gasteiger charge is 2.27. The second-order valence-electron chi connectivity index (χ2n) is 8.62. The Balaban J connectivity index is 1.94. The molecule has 2 N–H and O–H groups in total. The molecule has 0 radical (unpaired) electrons. The van der Waals surface area contributed by atoms with Crippen molar-refractivity contribution >= 4 is 29.4 Å². The first-order valence-corrected chi connectivity index (χ1v) is 10.0. The van der Waals surface area contributed by atoms with Crippen LogP contribution in [0.15, 0.2) is 18.2 Å². The summed E-state index contributed by atoms with van der Waals surface area (Å²) >= 11 is 0. The van der Waals surface area contributed by atoms with Crippen molar-refractivity contribution < 1.29 is 23.5 Å². The molecule has 1 fully saturated rings. The van der Waals surface area contributed by atoms with E-state index in [2.05, 4.69) is 10.6 Å². The van der Waals surface area contributed by atoms with Gasteiger partial charge >= 0.3 is 12.1 Å². The van der Waals surface area contributed by atoms with Crippen molar-refractivity contribution in [3.05, 3.63) is 24.0 Å². The Morgan fingerprint density at radius 1 is 1.27 bits per heavy atom. The van der Waals surface area contributed by atoms with Crippen molar-refractivity contribution in [3.63, 3.8) is 0 Å². The zero-order valence-corrected chi connectivity index (χ0v) is 18.3. The van der Waals surface area contributed by atoms with E-state index in [1.165, 1.54) is 30.0 Å². The summed E-state index contributed by atoms with van der Waals surface area (Å²) in [5, 5.41) is 5.14. The fourth-order valence-corrected chi connectivity index (χ4v) is 3.29. The lowest BCUT2D eigenvalue weighted by Gasteiger charge is -2.35. The maximum atomic E-state index is 13.8. The van der Waals surface area contributed by atoms with E-state index in [9.17, 15) is 18.8 Å². The largest absolute Gasteiger partial charge is 0.444 e. The molecule has 1 heterocycles. The molecule has 8 nitrogen and oxygen atoms in total. The van der Waals surface area contributed by atoms with Gasteiger partial charge < -0.3 is 25.2 Å². The topological polar surface area (TPSA) is 91.0 Å². The minimum absolute atomic E-state index is 0.0100. The van der Waals surface area contributed by atoms with Crippen LogP contribution in [-0.2, 0) is 9.53 Å². The Labute approximate surface area is 176 Å². The van der Waals surface area contributed by atoms with Crippen LogP contribution in [0.5, 0.6) is 0 Å². The number of benzene rings is 1. The van der Waals surface area contributed by atoms with E-state index in [1.54, 1.807) is 11.9 Å². The molecule has 4 amide bonds. The Hall–Kier alpha value is -2.84. The molecule has 1 aliphatic heterocycles. The number of likely N-dealkylation sites (tertiary alicyclic amines) is 1. The molecule has 1 saturated heterocycles. The molecule has 1 aliphatic rings. The van der Waals surface area contributed by atoms with Crippen LogP contribution in [0, 0.1) is 11.7 Å². The molecule has 1 atom stereocenters. The van der Waals surface area contributed by atoms with Crippen molar-refractivity contribution in [3.8, 4) is 0 Å². The lowest BCUT2D eigenvalue weighted by atomic mass is 9.98.